The molecule has 1 N–H and O–H groups in total. The number of rotatable bonds is 16. The number of hydrogen-bond donors (Lipinski definition) is 1. The molecule has 1 unspecified atom stereocenters. The average molecular weight is 644 g/mol. The predicted molar refractivity (Wildman–Crippen MR) is 174 cm³/mol. The molecule has 0 saturated heterocycles. The first-order chi connectivity index (χ1) is 22.2. The Morgan fingerprint density at radius 1 is 1.02 bits per heavy atom. The van der Waals surface area contributed by atoms with E-state index in [-0.39, 0.29) is 78.2 Å². The first-order valence-corrected chi connectivity index (χ1v) is 14.5. The molecule has 0 aliphatic heterocycles. The number of ether oxygens (including phenoxy) is 2. The van der Waals surface area contributed by atoms with Gasteiger partial charge in [0.1, 0.15) is 36.7 Å². The highest BCUT2D eigenvalue weighted by molar-refractivity contribution is 5.94. The molecule has 14 nitrogen and oxygen atoms in total. The molecule has 0 bridgehead atoms. The minimum absolute atomic E-state index is 0.00521. The lowest BCUT2D eigenvalue weighted by molar-refractivity contribution is -0.384. The van der Waals surface area contributed by atoms with Crippen molar-refractivity contribution in [1.29, 1.82) is 10.5 Å². The van der Waals surface area contributed by atoms with E-state index in [9.17, 15) is 35.0 Å². The zero-order valence-electron chi connectivity index (χ0n) is 26.8. The van der Waals surface area contributed by atoms with Gasteiger partial charge in [-0.1, -0.05) is 40.9 Å². The van der Waals surface area contributed by atoms with Crippen LogP contribution >= 0.6 is 0 Å². The molecule has 0 aromatic heterocycles. The van der Waals surface area contributed by atoms with E-state index in [2.05, 4.69) is 49.5 Å². The number of nitriles is 2. The van der Waals surface area contributed by atoms with Gasteiger partial charge in [0.2, 0.25) is 5.91 Å². The van der Waals surface area contributed by atoms with Crippen LogP contribution in [0.3, 0.4) is 0 Å². The summed E-state index contributed by atoms with van der Waals surface area (Å²) in [6, 6.07) is 10.4. The topological polar surface area (TPSA) is 200 Å². The monoisotopic (exact) mass is 643 g/mol. The van der Waals surface area contributed by atoms with Crippen LogP contribution in [0.4, 0.5) is 28.4 Å². The summed E-state index contributed by atoms with van der Waals surface area (Å²) in [5.41, 5.74) is -0.143. The zero-order valence-corrected chi connectivity index (χ0v) is 26.8. The quantitative estimate of drug-likeness (QED) is 0.0699. The van der Waals surface area contributed by atoms with Gasteiger partial charge in [-0.25, -0.2) is 9.59 Å². The van der Waals surface area contributed by atoms with E-state index < -0.39 is 22.5 Å². The van der Waals surface area contributed by atoms with Crippen molar-refractivity contribution in [1.82, 2.24) is 0 Å². The molecule has 14 heteroatoms. The Labute approximate surface area is 273 Å². The first-order valence-electron chi connectivity index (χ1n) is 14.5. The Kier molecular flexibility index (Phi) is 13.9. The number of non-ortho nitro benzene ring substituents is 1. The van der Waals surface area contributed by atoms with E-state index in [1.807, 2.05) is 6.92 Å². The van der Waals surface area contributed by atoms with E-state index in [0.29, 0.717) is 5.69 Å². The maximum absolute atomic E-state index is 13.2. The molecule has 0 spiro atoms. The van der Waals surface area contributed by atoms with E-state index >= 15 is 0 Å². The lowest BCUT2D eigenvalue weighted by Gasteiger charge is -2.25. The molecule has 0 aliphatic rings. The van der Waals surface area contributed by atoms with Crippen molar-refractivity contribution in [2.24, 2.45) is 21.6 Å². The summed E-state index contributed by atoms with van der Waals surface area (Å²) in [5.74, 6) is -1.48. The summed E-state index contributed by atoms with van der Waals surface area (Å²) in [6.45, 7) is 15.3. The van der Waals surface area contributed by atoms with Gasteiger partial charge in [-0.2, -0.15) is 10.5 Å². The van der Waals surface area contributed by atoms with Gasteiger partial charge in [0.05, 0.1) is 34.8 Å². The van der Waals surface area contributed by atoms with Crippen LogP contribution in [0.2, 0.25) is 0 Å². The SMILES string of the molecule is C=CC(=O)OCCN(CCOC(=O)C=C)c1ccc(/N=N/c2c(C#N)cc([N+](=O)[O-])cc2C#N)c(NC(=O)CC(C)CC(C)(C)C)c1. The normalized spacial score (nSPS) is 11.4. The Morgan fingerprint density at radius 3 is 2.04 bits per heavy atom. The Balaban J connectivity index is 2.57. The second kappa shape index (κ2) is 17.6. The number of hydrogen-bond acceptors (Lipinski definition) is 12. The summed E-state index contributed by atoms with van der Waals surface area (Å²) in [5, 5.41) is 41.6. The minimum atomic E-state index is -0.724. The summed E-state index contributed by atoms with van der Waals surface area (Å²) in [7, 11) is 0. The van der Waals surface area contributed by atoms with Crippen LogP contribution in [0, 0.1) is 44.1 Å². The second-order valence-electron chi connectivity index (χ2n) is 11.6. The fourth-order valence-corrected chi connectivity index (χ4v) is 4.65. The van der Waals surface area contributed by atoms with Crippen molar-refractivity contribution >= 4 is 46.3 Å². The van der Waals surface area contributed by atoms with Gasteiger partial charge >= 0.3 is 11.9 Å². The Bertz CT molecular complexity index is 1570. The van der Waals surface area contributed by atoms with Crippen LogP contribution in [0.15, 0.2) is 65.9 Å². The van der Waals surface area contributed by atoms with Crippen molar-refractivity contribution in [2.75, 3.05) is 36.5 Å². The molecule has 2 aromatic rings. The molecule has 0 radical (unpaired) electrons. The van der Waals surface area contributed by atoms with E-state index in [1.54, 1.807) is 29.2 Å². The highest BCUT2D eigenvalue weighted by Crippen LogP contribution is 2.35. The molecule has 0 aliphatic carbocycles. The zero-order chi connectivity index (χ0) is 35.1. The maximum atomic E-state index is 13.2. The van der Waals surface area contributed by atoms with Gasteiger partial charge in [-0.3, -0.25) is 14.9 Å². The number of nitro groups is 1. The van der Waals surface area contributed by atoms with E-state index in [4.69, 9.17) is 9.47 Å². The van der Waals surface area contributed by atoms with Crippen LogP contribution in [0.5, 0.6) is 0 Å². The Morgan fingerprint density at radius 2 is 1.57 bits per heavy atom. The van der Waals surface area contributed by atoms with Crippen molar-refractivity contribution in [3.63, 3.8) is 0 Å². The van der Waals surface area contributed by atoms with Crippen LogP contribution in [0.25, 0.3) is 0 Å². The van der Waals surface area contributed by atoms with Gasteiger partial charge < -0.3 is 19.7 Å². The van der Waals surface area contributed by atoms with Crippen molar-refractivity contribution in [3.05, 3.63) is 76.9 Å². The smallest absolute Gasteiger partial charge is 0.330 e. The highest BCUT2D eigenvalue weighted by atomic mass is 16.6. The standard InChI is InChI=1S/C33H37N7O7/c1-7-30(42)46-13-11-39(12-14-47-31(43)8-2)25-9-10-27(28(18-25)36-29(41)15-22(3)19-33(4,5)6)37-38-32-23(20-34)16-26(40(44)45)17-24(32)21-35/h7-10,16-18,22H,1-2,11-15,19H2,3-6H3,(H,36,41)/b38-37+. The summed E-state index contributed by atoms with van der Waals surface area (Å²) < 4.78 is 10.3. The third-order valence-electron chi connectivity index (χ3n) is 6.46. The summed E-state index contributed by atoms with van der Waals surface area (Å²) in [4.78, 5) is 48.7. The Hall–Kier alpha value is -5.89. The van der Waals surface area contributed by atoms with Gasteiger partial charge in [-0.15, -0.1) is 10.2 Å². The number of carbonyl (C=O) groups excluding carboxylic acids is 3. The molecule has 0 fully saturated rings. The molecule has 1 atom stereocenters. The number of azo groups is 1. The van der Waals surface area contributed by atoms with Gasteiger partial charge in [0, 0.05) is 36.4 Å². The molecular weight excluding hydrogens is 606 g/mol. The van der Waals surface area contributed by atoms with Crippen molar-refractivity contribution < 1.29 is 28.8 Å². The number of carbonyl (C=O) groups is 3. The van der Waals surface area contributed by atoms with Crippen molar-refractivity contribution in [3.8, 4) is 12.1 Å². The number of esters is 2. The molecular formula is C33H37N7O7. The molecule has 2 aromatic carbocycles. The van der Waals surface area contributed by atoms with E-state index in [0.717, 1.165) is 30.7 Å². The number of benzene rings is 2. The highest BCUT2D eigenvalue weighted by Gasteiger charge is 2.20. The maximum Gasteiger partial charge on any atom is 0.330 e. The fraction of sp³-hybridized carbons (Fsp3) is 0.364. The largest absolute Gasteiger partial charge is 0.461 e. The molecule has 0 heterocycles. The third-order valence-corrected chi connectivity index (χ3v) is 6.46. The summed E-state index contributed by atoms with van der Waals surface area (Å²) in [6.07, 6.45) is 3.06. The average Bonchev–Trinajstić information content (AvgIpc) is 3.01. The molecule has 1 amide bonds. The summed E-state index contributed by atoms with van der Waals surface area (Å²) >= 11 is 0. The van der Waals surface area contributed by atoms with Crippen LogP contribution in [-0.2, 0) is 23.9 Å². The number of nitrogens with one attached hydrogen (secondary N) is 1. The second-order valence-corrected chi connectivity index (χ2v) is 11.6. The van der Waals surface area contributed by atoms with Gasteiger partial charge in [0.15, 0.2) is 0 Å². The van der Waals surface area contributed by atoms with Crippen molar-refractivity contribution in [2.45, 2.75) is 40.5 Å². The number of amides is 1. The van der Waals surface area contributed by atoms with Gasteiger partial charge in [0.25, 0.3) is 5.69 Å². The molecule has 2 rings (SSSR count). The number of nitro benzene ring substituents is 1. The predicted octanol–water partition coefficient (Wildman–Crippen LogP) is 6.42. The van der Waals surface area contributed by atoms with E-state index in [1.165, 1.54) is 6.07 Å². The number of nitrogens with zero attached hydrogens (tertiary/aromatic N) is 6. The lowest BCUT2D eigenvalue weighted by atomic mass is 9.84. The molecule has 0 saturated carbocycles. The third kappa shape index (κ3) is 12.2. The number of anilines is 2. The fourth-order valence-electron chi connectivity index (χ4n) is 4.65. The molecule has 246 valence electrons. The van der Waals surface area contributed by atoms with Crippen LogP contribution < -0.4 is 10.2 Å². The van der Waals surface area contributed by atoms with Crippen LogP contribution in [-0.4, -0.2) is 49.1 Å². The van der Waals surface area contributed by atoms with Gasteiger partial charge in [-0.05, 0) is 36.0 Å². The van der Waals surface area contributed by atoms with Crippen LogP contribution in [0.1, 0.15) is 51.7 Å². The lowest BCUT2D eigenvalue weighted by Crippen LogP contribution is -2.32. The minimum Gasteiger partial charge on any atom is -0.461 e. The molecule has 47 heavy (non-hydrogen) atoms. The first kappa shape index (κ1) is 37.3.